The molecule has 0 bridgehead atoms. The lowest BCUT2D eigenvalue weighted by atomic mass is 10.4. The molecule has 0 fully saturated rings. The number of nitrogens with zero attached hydrogens (tertiary/aromatic N) is 2. The minimum atomic E-state index is -0.265. The van der Waals surface area contributed by atoms with Crippen molar-refractivity contribution in [2.45, 2.75) is 33.6 Å². The number of esters is 1. The first-order chi connectivity index (χ1) is 8.54. The average Bonchev–Trinajstić information content (AvgIpc) is 2.30. The lowest BCUT2D eigenvalue weighted by Crippen LogP contribution is -2.40. The Labute approximate surface area is 110 Å². The van der Waals surface area contributed by atoms with E-state index in [0.717, 1.165) is 12.8 Å². The average molecular weight is 258 g/mol. The Balaban J connectivity index is 3.91. The van der Waals surface area contributed by atoms with Gasteiger partial charge in [0, 0.05) is 13.1 Å². The van der Waals surface area contributed by atoms with Crippen LogP contribution in [0.4, 0.5) is 0 Å². The minimum absolute atomic E-state index is 0.0452. The molecule has 0 radical (unpaired) electrons. The highest BCUT2D eigenvalue weighted by Crippen LogP contribution is 1.94. The smallest absolute Gasteiger partial charge is 0.320 e. The van der Waals surface area contributed by atoms with Crippen molar-refractivity contribution in [3.63, 3.8) is 0 Å². The van der Waals surface area contributed by atoms with E-state index in [2.05, 4.69) is 0 Å². The second-order valence-electron chi connectivity index (χ2n) is 4.31. The van der Waals surface area contributed by atoms with Crippen molar-refractivity contribution in [2.75, 3.05) is 39.8 Å². The van der Waals surface area contributed by atoms with Gasteiger partial charge in [0.25, 0.3) is 0 Å². The van der Waals surface area contributed by atoms with Crippen molar-refractivity contribution >= 4 is 11.9 Å². The highest BCUT2D eigenvalue weighted by atomic mass is 16.5. The van der Waals surface area contributed by atoms with Crippen molar-refractivity contribution in [1.82, 2.24) is 9.80 Å². The third kappa shape index (κ3) is 7.27. The van der Waals surface area contributed by atoms with Crippen LogP contribution in [-0.2, 0) is 14.3 Å². The summed E-state index contributed by atoms with van der Waals surface area (Å²) in [7, 11) is 1.75. The van der Waals surface area contributed by atoms with Gasteiger partial charge in [-0.15, -0.1) is 0 Å². The second kappa shape index (κ2) is 9.88. The fraction of sp³-hybridized carbons (Fsp3) is 0.846. The maximum Gasteiger partial charge on any atom is 0.320 e. The molecule has 0 saturated carbocycles. The third-order valence-electron chi connectivity index (χ3n) is 2.68. The number of unbranched alkanes of at least 4 members (excludes halogenated alkanes) is 1. The van der Waals surface area contributed by atoms with E-state index in [-0.39, 0.29) is 25.0 Å². The molecule has 0 aliphatic carbocycles. The molecule has 0 spiro atoms. The largest absolute Gasteiger partial charge is 0.465 e. The Morgan fingerprint density at radius 2 is 1.67 bits per heavy atom. The van der Waals surface area contributed by atoms with Crippen LogP contribution in [0.25, 0.3) is 0 Å². The van der Waals surface area contributed by atoms with Gasteiger partial charge in [0.2, 0.25) is 5.91 Å². The molecule has 0 unspecified atom stereocenters. The minimum Gasteiger partial charge on any atom is -0.465 e. The maximum absolute atomic E-state index is 11.8. The predicted molar refractivity (Wildman–Crippen MR) is 71.3 cm³/mol. The van der Waals surface area contributed by atoms with Crippen molar-refractivity contribution in [1.29, 1.82) is 0 Å². The van der Waals surface area contributed by atoms with Crippen LogP contribution >= 0.6 is 0 Å². The van der Waals surface area contributed by atoms with Gasteiger partial charge in [0.05, 0.1) is 19.7 Å². The summed E-state index contributed by atoms with van der Waals surface area (Å²) < 4.78 is 5.04. The Kier molecular flexibility index (Phi) is 9.28. The van der Waals surface area contributed by atoms with E-state index in [1.54, 1.807) is 16.8 Å². The van der Waals surface area contributed by atoms with E-state index in [1.807, 2.05) is 20.8 Å². The summed E-state index contributed by atoms with van der Waals surface area (Å²) in [4.78, 5) is 26.7. The van der Waals surface area contributed by atoms with Crippen LogP contribution in [0.1, 0.15) is 33.6 Å². The number of ether oxygens (including phenoxy) is 1. The van der Waals surface area contributed by atoms with Crippen LogP contribution in [0.3, 0.4) is 0 Å². The monoisotopic (exact) mass is 258 g/mol. The van der Waals surface area contributed by atoms with Gasteiger partial charge < -0.3 is 9.64 Å². The first-order valence-electron chi connectivity index (χ1n) is 6.67. The third-order valence-corrected chi connectivity index (χ3v) is 2.68. The van der Waals surface area contributed by atoms with Crippen molar-refractivity contribution in [2.24, 2.45) is 0 Å². The van der Waals surface area contributed by atoms with Crippen LogP contribution in [0.5, 0.6) is 0 Å². The summed E-state index contributed by atoms with van der Waals surface area (Å²) in [5.41, 5.74) is 0. The molecule has 106 valence electrons. The molecule has 0 aromatic carbocycles. The van der Waals surface area contributed by atoms with Gasteiger partial charge >= 0.3 is 5.97 Å². The number of likely N-dealkylation sites (N-methyl/N-ethyl adjacent to an activating group) is 2. The van der Waals surface area contributed by atoms with Crippen LogP contribution in [-0.4, -0.2) is 61.5 Å². The Hall–Kier alpha value is -1.10. The van der Waals surface area contributed by atoms with Gasteiger partial charge in [0.15, 0.2) is 0 Å². The van der Waals surface area contributed by atoms with Gasteiger partial charge in [-0.25, -0.2) is 0 Å². The number of carbonyl (C=O) groups is 2. The molecule has 0 aromatic rings. The fourth-order valence-corrected chi connectivity index (χ4v) is 1.56. The first-order valence-corrected chi connectivity index (χ1v) is 6.67. The molecular formula is C13H26N2O3. The number of rotatable bonds is 9. The number of carbonyl (C=O) groups excluding carboxylic acids is 2. The highest BCUT2D eigenvalue weighted by Gasteiger charge is 2.14. The Morgan fingerprint density at radius 1 is 1.06 bits per heavy atom. The lowest BCUT2D eigenvalue weighted by molar-refractivity contribution is -0.145. The molecule has 0 aliphatic rings. The Bertz CT molecular complexity index is 253. The van der Waals surface area contributed by atoms with E-state index >= 15 is 0 Å². The van der Waals surface area contributed by atoms with Gasteiger partial charge in [-0.05, 0) is 27.3 Å². The standard InChI is InChI=1S/C13H26N2O3/c1-5-8-9-18-13(17)11-14(4)10-12(16)15(6-2)7-3/h5-11H2,1-4H3. The number of hydrogen-bond acceptors (Lipinski definition) is 4. The molecule has 0 heterocycles. The van der Waals surface area contributed by atoms with E-state index in [9.17, 15) is 9.59 Å². The first kappa shape index (κ1) is 16.9. The van der Waals surface area contributed by atoms with Crippen molar-refractivity contribution in [3.05, 3.63) is 0 Å². The van der Waals surface area contributed by atoms with E-state index in [4.69, 9.17) is 4.74 Å². The van der Waals surface area contributed by atoms with Crippen LogP contribution < -0.4 is 0 Å². The summed E-state index contributed by atoms with van der Waals surface area (Å²) in [6, 6.07) is 0. The molecule has 1 amide bonds. The van der Waals surface area contributed by atoms with E-state index in [0.29, 0.717) is 19.7 Å². The van der Waals surface area contributed by atoms with Crippen molar-refractivity contribution in [3.8, 4) is 0 Å². The van der Waals surface area contributed by atoms with Gasteiger partial charge in [-0.2, -0.15) is 0 Å². The molecule has 18 heavy (non-hydrogen) atoms. The zero-order valence-corrected chi connectivity index (χ0v) is 12.1. The number of amides is 1. The van der Waals surface area contributed by atoms with Gasteiger partial charge in [-0.3, -0.25) is 14.5 Å². The summed E-state index contributed by atoms with van der Waals surface area (Å²) in [5.74, 6) is -0.220. The van der Waals surface area contributed by atoms with Gasteiger partial charge in [-0.1, -0.05) is 13.3 Å². The van der Waals surface area contributed by atoms with Gasteiger partial charge in [0.1, 0.15) is 0 Å². The molecule has 0 atom stereocenters. The SMILES string of the molecule is CCCCOC(=O)CN(C)CC(=O)N(CC)CC. The maximum atomic E-state index is 11.8. The molecule has 0 N–H and O–H groups in total. The summed E-state index contributed by atoms with van der Waals surface area (Å²) >= 11 is 0. The zero-order chi connectivity index (χ0) is 14.0. The zero-order valence-electron chi connectivity index (χ0n) is 12.1. The molecule has 5 nitrogen and oxygen atoms in total. The second-order valence-corrected chi connectivity index (χ2v) is 4.31. The predicted octanol–water partition coefficient (Wildman–Crippen LogP) is 1.13. The quantitative estimate of drug-likeness (QED) is 0.459. The van der Waals surface area contributed by atoms with Crippen LogP contribution in [0, 0.1) is 0 Å². The normalized spacial score (nSPS) is 10.5. The molecule has 0 aliphatic heterocycles. The van der Waals surface area contributed by atoms with E-state index < -0.39 is 0 Å². The Morgan fingerprint density at radius 3 is 2.17 bits per heavy atom. The van der Waals surface area contributed by atoms with Crippen molar-refractivity contribution < 1.29 is 14.3 Å². The van der Waals surface area contributed by atoms with Crippen LogP contribution in [0.2, 0.25) is 0 Å². The topological polar surface area (TPSA) is 49.9 Å². The lowest BCUT2D eigenvalue weighted by Gasteiger charge is -2.22. The highest BCUT2D eigenvalue weighted by molar-refractivity contribution is 5.79. The summed E-state index contributed by atoms with van der Waals surface area (Å²) in [6.45, 7) is 8.21. The molecule has 0 aromatic heterocycles. The summed E-state index contributed by atoms with van der Waals surface area (Å²) in [5, 5.41) is 0. The number of hydrogen-bond donors (Lipinski definition) is 0. The molecular weight excluding hydrogens is 232 g/mol. The molecule has 0 saturated heterocycles. The molecule has 5 heteroatoms. The van der Waals surface area contributed by atoms with E-state index in [1.165, 1.54) is 0 Å². The van der Waals surface area contributed by atoms with Crippen LogP contribution in [0.15, 0.2) is 0 Å². The summed E-state index contributed by atoms with van der Waals surface area (Å²) in [6.07, 6.45) is 1.89. The molecule has 0 rings (SSSR count). The fourth-order valence-electron chi connectivity index (χ4n) is 1.56.